The maximum atomic E-state index is 5.31. The molecular formula is C59H41N3. The van der Waals surface area contributed by atoms with Gasteiger partial charge in [-0.25, -0.2) is 9.97 Å². The Labute approximate surface area is 361 Å². The lowest BCUT2D eigenvalue weighted by molar-refractivity contribution is 0.660. The number of para-hydroxylation sites is 2. The molecule has 0 spiro atoms. The van der Waals surface area contributed by atoms with Crippen molar-refractivity contribution in [1.29, 1.82) is 0 Å². The van der Waals surface area contributed by atoms with Crippen LogP contribution in [0.25, 0.3) is 106 Å². The van der Waals surface area contributed by atoms with Crippen LogP contribution in [0, 0.1) is 0 Å². The number of hydrogen-bond donors (Lipinski definition) is 0. The quantitative estimate of drug-likeness (QED) is 0.168. The molecule has 2 aromatic heterocycles. The van der Waals surface area contributed by atoms with E-state index in [4.69, 9.17) is 9.97 Å². The van der Waals surface area contributed by atoms with E-state index in [1.54, 1.807) is 0 Å². The van der Waals surface area contributed by atoms with Crippen LogP contribution in [0.2, 0.25) is 0 Å². The summed E-state index contributed by atoms with van der Waals surface area (Å²) in [6.45, 7) is 4.66. The molecule has 62 heavy (non-hydrogen) atoms. The van der Waals surface area contributed by atoms with Crippen LogP contribution < -0.4 is 0 Å². The first-order valence-corrected chi connectivity index (χ1v) is 21.4. The molecule has 0 atom stereocenters. The highest BCUT2D eigenvalue weighted by Gasteiger charge is 2.37. The van der Waals surface area contributed by atoms with E-state index in [0.29, 0.717) is 5.82 Å². The first-order valence-electron chi connectivity index (χ1n) is 21.4. The van der Waals surface area contributed by atoms with Crippen molar-refractivity contribution in [2.45, 2.75) is 19.3 Å². The molecular weight excluding hydrogens is 751 g/mol. The fourth-order valence-electron chi connectivity index (χ4n) is 10.0. The molecule has 2 heterocycles. The lowest BCUT2D eigenvalue weighted by Gasteiger charge is -2.21. The van der Waals surface area contributed by atoms with Crippen LogP contribution >= 0.6 is 0 Å². The number of fused-ring (bicyclic) bond motifs is 7. The highest BCUT2D eigenvalue weighted by Crippen LogP contribution is 2.52. The van der Waals surface area contributed by atoms with Crippen molar-refractivity contribution in [1.82, 2.24) is 14.5 Å². The van der Waals surface area contributed by atoms with Crippen LogP contribution in [0.3, 0.4) is 0 Å². The van der Waals surface area contributed by atoms with Crippen molar-refractivity contribution in [3.05, 3.63) is 223 Å². The van der Waals surface area contributed by atoms with Crippen LogP contribution in [0.1, 0.15) is 25.0 Å². The molecule has 9 aromatic carbocycles. The summed E-state index contributed by atoms with van der Waals surface area (Å²) in [5, 5.41) is 4.85. The molecule has 0 amide bonds. The Morgan fingerprint density at radius 3 is 1.71 bits per heavy atom. The van der Waals surface area contributed by atoms with E-state index in [-0.39, 0.29) is 5.41 Å². The first kappa shape index (κ1) is 36.0. The third kappa shape index (κ3) is 5.66. The van der Waals surface area contributed by atoms with Gasteiger partial charge in [0.1, 0.15) is 0 Å². The third-order valence-corrected chi connectivity index (χ3v) is 13.1. The van der Waals surface area contributed by atoms with Crippen molar-refractivity contribution < 1.29 is 0 Å². The molecule has 0 saturated heterocycles. The highest BCUT2D eigenvalue weighted by molar-refractivity contribution is 6.10. The van der Waals surface area contributed by atoms with Gasteiger partial charge in [0.05, 0.1) is 22.4 Å². The predicted octanol–water partition coefficient (Wildman–Crippen LogP) is 15.4. The number of hydrogen-bond acceptors (Lipinski definition) is 2. The Balaban J connectivity index is 0.966. The first-order chi connectivity index (χ1) is 30.5. The van der Waals surface area contributed by atoms with Crippen LogP contribution in [0.5, 0.6) is 0 Å². The molecule has 0 bridgehead atoms. The number of rotatable bonds is 6. The van der Waals surface area contributed by atoms with E-state index in [1.807, 2.05) is 6.07 Å². The summed E-state index contributed by atoms with van der Waals surface area (Å²) in [6, 6.07) is 76.6. The largest absolute Gasteiger partial charge is 0.309 e. The second-order valence-electron chi connectivity index (χ2n) is 16.9. The lowest BCUT2D eigenvalue weighted by Crippen LogP contribution is -2.14. The van der Waals surface area contributed by atoms with Crippen molar-refractivity contribution in [3.63, 3.8) is 0 Å². The zero-order chi connectivity index (χ0) is 41.4. The van der Waals surface area contributed by atoms with Gasteiger partial charge < -0.3 is 4.57 Å². The van der Waals surface area contributed by atoms with Crippen LogP contribution in [0.15, 0.2) is 212 Å². The Morgan fingerprint density at radius 1 is 0.355 bits per heavy atom. The molecule has 3 heteroatoms. The van der Waals surface area contributed by atoms with Crippen molar-refractivity contribution in [2.24, 2.45) is 0 Å². The number of benzene rings is 9. The maximum Gasteiger partial charge on any atom is 0.160 e. The van der Waals surface area contributed by atoms with Gasteiger partial charge in [0.25, 0.3) is 0 Å². The lowest BCUT2D eigenvalue weighted by atomic mass is 9.82. The minimum atomic E-state index is -0.110. The molecule has 12 rings (SSSR count). The highest BCUT2D eigenvalue weighted by atomic mass is 15.0. The van der Waals surface area contributed by atoms with Crippen molar-refractivity contribution in [3.8, 4) is 73.0 Å². The average Bonchev–Trinajstić information content (AvgIpc) is 3.79. The summed E-state index contributed by atoms with van der Waals surface area (Å²) < 4.78 is 2.38. The molecule has 292 valence electrons. The van der Waals surface area contributed by atoms with Gasteiger partial charge in [-0.05, 0) is 85.6 Å². The molecule has 0 aliphatic heterocycles. The summed E-state index contributed by atoms with van der Waals surface area (Å²) in [5.74, 6) is 0.715. The maximum absolute atomic E-state index is 5.31. The Hall–Kier alpha value is -7.88. The van der Waals surface area contributed by atoms with Gasteiger partial charge in [-0.15, -0.1) is 0 Å². The minimum Gasteiger partial charge on any atom is -0.309 e. The standard InChI is InChI=1S/C59H41N3/c1-59(2)51-25-13-11-23-49(51)57-50(24-15-26-52(57)59)54-37-53(60-58(61-54)40-16-5-3-6-17-40)46-35-34-43(44-20-9-10-21-45(44)46)39-30-28-38(29-31-39)41-32-33-48-47-22-12-14-27-55(47)62(56(48)36-41)42-18-7-4-8-19-42/h3-37H,1-2H3. The number of aromatic nitrogens is 3. The number of nitrogens with zero attached hydrogens (tertiary/aromatic N) is 3. The van der Waals surface area contributed by atoms with Gasteiger partial charge in [0, 0.05) is 38.6 Å². The van der Waals surface area contributed by atoms with Gasteiger partial charge in [0.15, 0.2) is 5.82 Å². The normalized spacial score (nSPS) is 12.8. The molecule has 3 nitrogen and oxygen atoms in total. The zero-order valence-corrected chi connectivity index (χ0v) is 34.5. The molecule has 0 saturated carbocycles. The van der Waals surface area contributed by atoms with E-state index in [9.17, 15) is 0 Å². The smallest absolute Gasteiger partial charge is 0.160 e. The predicted molar refractivity (Wildman–Crippen MR) is 259 cm³/mol. The van der Waals surface area contributed by atoms with E-state index >= 15 is 0 Å². The Kier molecular flexibility index (Phi) is 8.20. The van der Waals surface area contributed by atoms with E-state index < -0.39 is 0 Å². The average molecular weight is 792 g/mol. The van der Waals surface area contributed by atoms with Crippen molar-refractivity contribution in [2.75, 3.05) is 0 Å². The van der Waals surface area contributed by atoms with E-state index in [1.165, 1.54) is 71.7 Å². The second kappa shape index (κ2) is 14.1. The molecule has 0 radical (unpaired) electrons. The Morgan fingerprint density at radius 2 is 0.919 bits per heavy atom. The molecule has 11 aromatic rings. The summed E-state index contributed by atoms with van der Waals surface area (Å²) in [6.07, 6.45) is 0. The second-order valence-corrected chi connectivity index (χ2v) is 16.9. The summed E-state index contributed by atoms with van der Waals surface area (Å²) in [7, 11) is 0. The summed E-state index contributed by atoms with van der Waals surface area (Å²) in [4.78, 5) is 10.6. The SMILES string of the molecule is CC1(C)c2ccccc2-c2c(-c3cc(-c4ccc(-c5ccc(-c6ccc7c8ccccc8n(-c8ccccc8)c7c6)cc5)c5ccccc45)nc(-c4ccccc4)n3)cccc21. The molecule has 0 fully saturated rings. The monoisotopic (exact) mass is 791 g/mol. The van der Waals surface area contributed by atoms with Crippen molar-refractivity contribution >= 4 is 32.6 Å². The minimum absolute atomic E-state index is 0.110. The Bertz CT molecular complexity index is 3520. The van der Waals surface area contributed by atoms with Gasteiger partial charge in [0.2, 0.25) is 0 Å². The van der Waals surface area contributed by atoms with E-state index in [2.05, 4.69) is 225 Å². The van der Waals surface area contributed by atoms with Gasteiger partial charge in [-0.1, -0.05) is 196 Å². The van der Waals surface area contributed by atoms with E-state index in [0.717, 1.165) is 39.2 Å². The van der Waals surface area contributed by atoms with Gasteiger partial charge >= 0.3 is 0 Å². The van der Waals surface area contributed by atoms with Crippen LogP contribution in [-0.4, -0.2) is 14.5 Å². The molecule has 1 aliphatic rings. The van der Waals surface area contributed by atoms with Gasteiger partial charge in [-0.2, -0.15) is 0 Å². The fourth-order valence-corrected chi connectivity index (χ4v) is 10.0. The topological polar surface area (TPSA) is 30.7 Å². The molecule has 0 unspecified atom stereocenters. The zero-order valence-electron chi connectivity index (χ0n) is 34.5. The molecule has 1 aliphatic carbocycles. The summed E-state index contributed by atoms with van der Waals surface area (Å²) >= 11 is 0. The third-order valence-electron chi connectivity index (χ3n) is 13.1. The fraction of sp³-hybridized carbons (Fsp3) is 0.0508. The van der Waals surface area contributed by atoms with Crippen LogP contribution in [0.4, 0.5) is 0 Å². The van der Waals surface area contributed by atoms with Gasteiger partial charge in [-0.3, -0.25) is 0 Å². The van der Waals surface area contributed by atoms with Crippen LogP contribution in [-0.2, 0) is 5.41 Å². The molecule has 0 N–H and O–H groups in total. The summed E-state index contributed by atoms with van der Waals surface area (Å²) in [5.41, 5.74) is 18.4.